The van der Waals surface area contributed by atoms with Crippen LogP contribution in [-0.4, -0.2) is 9.78 Å². The Balaban J connectivity index is 2.30. The summed E-state index contributed by atoms with van der Waals surface area (Å²) in [4.78, 5) is 0. The molecule has 2 rings (SSSR count). The Kier molecular flexibility index (Phi) is 4.15. The van der Waals surface area contributed by atoms with Gasteiger partial charge in [0.1, 0.15) is 5.15 Å². The molecular formula is C12H18Cl2N2. The third kappa shape index (κ3) is 2.23. The summed E-state index contributed by atoms with van der Waals surface area (Å²) in [5.41, 5.74) is 2.13. The molecule has 1 aliphatic carbocycles. The quantitative estimate of drug-likeness (QED) is 0.737. The Labute approximate surface area is 107 Å². The van der Waals surface area contributed by atoms with Crippen LogP contribution in [0.25, 0.3) is 0 Å². The van der Waals surface area contributed by atoms with E-state index in [9.17, 15) is 0 Å². The maximum Gasteiger partial charge on any atom is 0.132 e. The maximum absolute atomic E-state index is 6.36. The zero-order valence-electron chi connectivity index (χ0n) is 9.68. The first kappa shape index (κ1) is 12.3. The second-order valence-corrected chi connectivity index (χ2v) is 5.11. The lowest BCUT2D eigenvalue weighted by molar-refractivity contribution is 0.463. The van der Waals surface area contributed by atoms with Gasteiger partial charge in [0.15, 0.2) is 0 Å². The zero-order chi connectivity index (χ0) is 11.5. The van der Waals surface area contributed by atoms with Gasteiger partial charge in [-0.1, -0.05) is 37.8 Å². The number of aryl methyl sites for hydroxylation is 1. The van der Waals surface area contributed by atoms with E-state index in [1.54, 1.807) is 0 Å². The van der Waals surface area contributed by atoms with Gasteiger partial charge in [0, 0.05) is 5.56 Å². The predicted octanol–water partition coefficient (Wildman–Crippen LogP) is 4.34. The van der Waals surface area contributed by atoms with E-state index in [2.05, 4.69) is 12.0 Å². The number of hydrogen-bond acceptors (Lipinski definition) is 1. The van der Waals surface area contributed by atoms with E-state index in [4.69, 9.17) is 23.2 Å². The van der Waals surface area contributed by atoms with E-state index >= 15 is 0 Å². The lowest BCUT2D eigenvalue weighted by Crippen LogP contribution is -2.07. The minimum absolute atomic E-state index is 0.473. The first-order valence-electron chi connectivity index (χ1n) is 6.09. The smallest absolute Gasteiger partial charge is 0.132 e. The lowest BCUT2D eigenvalue weighted by Gasteiger charge is -2.10. The number of hydrogen-bond donors (Lipinski definition) is 0. The summed E-state index contributed by atoms with van der Waals surface area (Å²) in [5, 5.41) is 5.42. The molecular weight excluding hydrogens is 243 g/mol. The van der Waals surface area contributed by atoms with Crippen molar-refractivity contribution in [3.63, 3.8) is 0 Å². The van der Waals surface area contributed by atoms with Gasteiger partial charge >= 0.3 is 0 Å². The fraction of sp³-hybridized carbons (Fsp3) is 0.750. The molecule has 0 N–H and O–H groups in total. The van der Waals surface area contributed by atoms with Gasteiger partial charge in [-0.3, -0.25) is 4.68 Å². The van der Waals surface area contributed by atoms with Crippen molar-refractivity contribution in [3.8, 4) is 0 Å². The maximum atomic E-state index is 6.36. The molecule has 0 aromatic carbocycles. The minimum Gasteiger partial charge on any atom is -0.250 e. The Morgan fingerprint density at radius 3 is 2.62 bits per heavy atom. The van der Waals surface area contributed by atoms with Gasteiger partial charge in [0.2, 0.25) is 0 Å². The molecule has 1 aliphatic rings. The lowest BCUT2D eigenvalue weighted by atomic mass is 10.2. The molecule has 0 saturated heterocycles. The average molecular weight is 261 g/mol. The van der Waals surface area contributed by atoms with Crippen LogP contribution in [0.15, 0.2) is 0 Å². The average Bonchev–Trinajstić information content (AvgIpc) is 2.87. The van der Waals surface area contributed by atoms with Crippen molar-refractivity contribution in [1.82, 2.24) is 9.78 Å². The number of aromatic nitrogens is 2. The number of halogens is 2. The van der Waals surface area contributed by atoms with Crippen molar-refractivity contribution in [2.75, 3.05) is 0 Å². The Hall–Kier alpha value is -0.210. The van der Waals surface area contributed by atoms with Crippen LogP contribution in [0.2, 0.25) is 5.15 Å². The highest BCUT2D eigenvalue weighted by atomic mass is 35.5. The Morgan fingerprint density at radius 2 is 2.06 bits per heavy atom. The molecule has 0 unspecified atom stereocenters. The number of nitrogens with zero attached hydrogens (tertiary/aromatic N) is 2. The number of rotatable bonds is 4. The van der Waals surface area contributed by atoms with E-state index in [1.807, 2.05) is 4.68 Å². The topological polar surface area (TPSA) is 17.8 Å². The second kappa shape index (κ2) is 5.42. The summed E-state index contributed by atoms with van der Waals surface area (Å²) < 4.78 is 2.01. The van der Waals surface area contributed by atoms with Gasteiger partial charge in [-0.25, -0.2) is 0 Å². The largest absolute Gasteiger partial charge is 0.250 e. The standard InChI is InChI=1S/C12H18Cl2N2/c1-2-5-11-10(8-13)12(14)16(15-11)9-6-3-4-7-9/h9H,2-8H2,1H3. The third-order valence-corrected chi connectivity index (χ3v) is 3.99. The van der Waals surface area contributed by atoms with Gasteiger partial charge < -0.3 is 0 Å². The van der Waals surface area contributed by atoms with Crippen molar-refractivity contribution in [2.24, 2.45) is 0 Å². The van der Waals surface area contributed by atoms with Crippen LogP contribution in [0.4, 0.5) is 0 Å². The molecule has 0 aliphatic heterocycles. The van der Waals surface area contributed by atoms with Crippen molar-refractivity contribution in [3.05, 3.63) is 16.4 Å². The molecule has 1 aromatic rings. The number of alkyl halides is 1. The second-order valence-electron chi connectivity index (χ2n) is 4.48. The van der Waals surface area contributed by atoms with Gasteiger partial charge in [-0.2, -0.15) is 5.10 Å². The molecule has 4 heteroatoms. The molecule has 0 amide bonds. The minimum atomic E-state index is 0.473. The summed E-state index contributed by atoms with van der Waals surface area (Å²) >= 11 is 12.3. The van der Waals surface area contributed by atoms with E-state index in [0.717, 1.165) is 29.3 Å². The highest BCUT2D eigenvalue weighted by Gasteiger charge is 2.23. The van der Waals surface area contributed by atoms with Gasteiger partial charge in [0.25, 0.3) is 0 Å². The van der Waals surface area contributed by atoms with E-state index in [1.165, 1.54) is 25.7 Å². The fourth-order valence-electron chi connectivity index (χ4n) is 2.45. The van der Waals surface area contributed by atoms with Gasteiger partial charge in [-0.15, -0.1) is 11.6 Å². The van der Waals surface area contributed by atoms with Crippen molar-refractivity contribution < 1.29 is 0 Å². The van der Waals surface area contributed by atoms with Crippen molar-refractivity contribution in [2.45, 2.75) is 57.4 Å². The SMILES string of the molecule is CCCc1nn(C2CCCC2)c(Cl)c1CCl. The third-order valence-electron chi connectivity index (χ3n) is 3.32. The first-order chi connectivity index (χ1) is 7.77. The Bertz CT molecular complexity index is 354. The summed E-state index contributed by atoms with van der Waals surface area (Å²) in [7, 11) is 0. The van der Waals surface area contributed by atoms with Crippen molar-refractivity contribution >= 4 is 23.2 Å². The summed E-state index contributed by atoms with van der Waals surface area (Å²) in [6.45, 7) is 2.15. The molecule has 1 heterocycles. The molecule has 0 atom stereocenters. The molecule has 0 radical (unpaired) electrons. The van der Waals surface area contributed by atoms with E-state index in [-0.39, 0.29) is 0 Å². The zero-order valence-corrected chi connectivity index (χ0v) is 11.2. The monoisotopic (exact) mass is 260 g/mol. The van der Waals surface area contributed by atoms with Crippen LogP contribution >= 0.6 is 23.2 Å². The molecule has 1 saturated carbocycles. The summed E-state index contributed by atoms with van der Waals surface area (Å²) in [5.74, 6) is 0.473. The van der Waals surface area contributed by atoms with Gasteiger partial charge in [0.05, 0.1) is 17.6 Å². The summed E-state index contributed by atoms with van der Waals surface area (Å²) in [6.07, 6.45) is 7.05. The van der Waals surface area contributed by atoms with Crippen LogP contribution < -0.4 is 0 Å². The summed E-state index contributed by atoms with van der Waals surface area (Å²) in [6, 6.07) is 0.500. The first-order valence-corrected chi connectivity index (χ1v) is 7.00. The fourth-order valence-corrected chi connectivity index (χ4v) is 3.15. The van der Waals surface area contributed by atoms with Gasteiger partial charge in [-0.05, 0) is 19.3 Å². The van der Waals surface area contributed by atoms with Crippen LogP contribution in [0.3, 0.4) is 0 Å². The molecule has 16 heavy (non-hydrogen) atoms. The van der Waals surface area contributed by atoms with Crippen molar-refractivity contribution in [1.29, 1.82) is 0 Å². The van der Waals surface area contributed by atoms with Crippen LogP contribution in [-0.2, 0) is 12.3 Å². The van der Waals surface area contributed by atoms with E-state index < -0.39 is 0 Å². The predicted molar refractivity (Wildman–Crippen MR) is 68.3 cm³/mol. The van der Waals surface area contributed by atoms with Crippen LogP contribution in [0.1, 0.15) is 56.3 Å². The molecule has 0 bridgehead atoms. The highest BCUT2D eigenvalue weighted by Crippen LogP contribution is 2.34. The molecule has 1 aromatic heterocycles. The molecule has 2 nitrogen and oxygen atoms in total. The van der Waals surface area contributed by atoms with E-state index in [0.29, 0.717) is 11.9 Å². The normalized spacial score (nSPS) is 17.2. The highest BCUT2D eigenvalue weighted by molar-refractivity contribution is 6.31. The molecule has 0 spiro atoms. The molecule has 1 fully saturated rings. The van der Waals surface area contributed by atoms with Crippen LogP contribution in [0, 0.1) is 0 Å². The molecule has 90 valence electrons. The Morgan fingerprint density at radius 1 is 1.38 bits per heavy atom. The van der Waals surface area contributed by atoms with Crippen LogP contribution in [0.5, 0.6) is 0 Å².